The van der Waals surface area contributed by atoms with Crippen LogP contribution in [-0.4, -0.2) is 20.7 Å². The van der Waals surface area contributed by atoms with E-state index < -0.39 is 0 Å². The van der Waals surface area contributed by atoms with E-state index in [2.05, 4.69) is 18.3 Å². The predicted octanol–water partition coefficient (Wildman–Crippen LogP) is 2.67. The first-order chi connectivity index (χ1) is 7.22. The van der Waals surface area contributed by atoms with Crippen molar-refractivity contribution in [1.82, 2.24) is 5.32 Å². The third kappa shape index (κ3) is 3.11. The van der Waals surface area contributed by atoms with Gasteiger partial charge in [-0.25, -0.2) is 0 Å². The fourth-order valence-electron chi connectivity index (χ4n) is 1.59. The maximum Gasteiger partial charge on any atom is 0.140 e. The fraction of sp³-hybridized carbons (Fsp3) is 0.500. The number of methoxy groups -OCH3 is 1. The van der Waals surface area contributed by atoms with Crippen molar-refractivity contribution in [1.29, 1.82) is 0 Å². The quantitative estimate of drug-likeness (QED) is 0.835. The van der Waals surface area contributed by atoms with Gasteiger partial charge >= 0.3 is 0 Å². The molecule has 15 heavy (non-hydrogen) atoms. The van der Waals surface area contributed by atoms with Crippen LogP contribution in [-0.2, 0) is 12.8 Å². The first-order valence-electron chi connectivity index (χ1n) is 5.22. The molecule has 84 valence electrons. The van der Waals surface area contributed by atoms with Crippen molar-refractivity contribution in [3.05, 3.63) is 28.3 Å². The van der Waals surface area contributed by atoms with Gasteiger partial charge in [0, 0.05) is 0 Å². The monoisotopic (exact) mass is 227 g/mol. The molecule has 0 aromatic heterocycles. The third-order valence-corrected chi connectivity index (χ3v) is 2.72. The minimum absolute atomic E-state index is 0.711. The Kier molecular flexibility index (Phi) is 4.92. The van der Waals surface area contributed by atoms with Crippen LogP contribution in [0.25, 0.3) is 0 Å². The third-order valence-electron chi connectivity index (χ3n) is 2.44. The largest absolute Gasteiger partial charge is 0.495 e. The van der Waals surface area contributed by atoms with Gasteiger partial charge in [-0.1, -0.05) is 24.6 Å². The molecule has 2 nitrogen and oxygen atoms in total. The molecule has 0 saturated heterocycles. The molecule has 3 heteroatoms. The van der Waals surface area contributed by atoms with E-state index in [1.54, 1.807) is 7.11 Å². The molecule has 0 spiro atoms. The van der Waals surface area contributed by atoms with Crippen LogP contribution in [0.4, 0.5) is 0 Å². The zero-order valence-electron chi connectivity index (χ0n) is 9.56. The highest BCUT2D eigenvalue weighted by atomic mass is 35.5. The van der Waals surface area contributed by atoms with Crippen LogP contribution in [0.5, 0.6) is 5.75 Å². The molecule has 0 radical (unpaired) electrons. The van der Waals surface area contributed by atoms with Gasteiger partial charge in [-0.15, -0.1) is 0 Å². The molecule has 0 saturated carbocycles. The topological polar surface area (TPSA) is 21.3 Å². The van der Waals surface area contributed by atoms with Gasteiger partial charge in [0.25, 0.3) is 0 Å². The van der Waals surface area contributed by atoms with E-state index in [1.807, 2.05) is 13.1 Å². The Morgan fingerprint density at radius 1 is 1.40 bits per heavy atom. The molecule has 1 N–H and O–H groups in total. The van der Waals surface area contributed by atoms with Crippen LogP contribution in [0, 0.1) is 0 Å². The summed E-state index contributed by atoms with van der Waals surface area (Å²) < 4.78 is 5.31. The lowest BCUT2D eigenvalue weighted by molar-refractivity contribution is 0.409. The number of halogens is 1. The lowest BCUT2D eigenvalue weighted by atomic mass is 10.1. The second kappa shape index (κ2) is 5.99. The molecule has 1 rings (SSSR count). The Morgan fingerprint density at radius 3 is 2.67 bits per heavy atom. The Bertz CT molecular complexity index is 326. The molecular weight excluding hydrogens is 210 g/mol. The molecule has 0 unspecified atom stereocenters. The fourth-order valence-corrected chi connectivity index (χ4v) is 1.93. The zero-order chi connectivity index (χ0) is 11.3. The second-order valence-corrected chi connectivity index (χ2v) is 3.88. The zero-order valence-corrected chi connectivity index (χ0v) is 10.3. The van der Waals surface area contributed by atoms with Crippen LogP contribution in [0.3, 0.4) is 0 Å². The summed E-state index contributed by atoms with van der Waals surface area (Å²) in [5.74, 6) is 0.809. The van der Waals surface area contributed by atoms with Crippen molar-refractivity contribution in [2.75, 3.05) is 20.7 Å². The van der Waals surface area contributed by atoms with Crippen molar-refractivity contribution < 1.29 is 4.74 Å². The summed E-state index contributed by atoms with van der Waals surface area (Å²) in [6.45, 7) is 3.06. The van der Waals surface area contributed by atoms with E-state index in [4.69, 9.17) is 16.3 Å². The minimum Gasteiger partial charge on any atom is -0.495 e. The number of aryl methyl sites for hydroxylation is 1. The molecule has 0 aliphatic rings. The van der Waals surface area contributed by atoms with Crippen LogP contribution in [0.1, 0.15) is 18.1 Å². The van der Waals surface area contributed by atoms with E-state index in [0.717, 1.165) is 25.1 Å². The van der Waals surface area contributed by atoms with E-state index in [1.165, 1.54) is 11.1 Å². The van der Waals surface area contributed by atoms with E-state index in [0.29, 0.717) is 5.02 Å². The van der Waals surface area contributed by atoms with Gasteiger partial charge in [-0.2, -0.15) is 0 Å². The lowest BCUT2D eigenvalue weighted by Gasteiger charge is -2.12. The van der Waals surface area contributed by atoms with Gasteiger partial charge in [-0.3, -0.25) is 0 Å². The molecule has 0 aliphatic heterocycles. The molecular formula is C12H18ClNO. The smallest absolute Gasteiger partial charge is 0.140 e. The average Bonchev–Trinajstić information content (AvgIpc) is 2.25. The average molecular weight is 228 g/mol. The number of benzene rings is 1. The molecule has 0 heterocycles. The summed E-state index contributed by atoms with van der Waals surface area (Å²) in [7, 11) is 3.60. The highest BCUT2D eigenvalue weighted by Crippen LogP contribution is 2.30. The first-order valence-corrected chi connectivity index (χ1v) is 5.60. The summed E-state index contributed by atoms with van der Waals surface area (Å²) in [5.41, 5.74) is 2.43. The highest BCUT2D eigenvalue weighted by Gasteiger charge is 2.09. The summed E-state index contributed by atoms with van der Waals surface area (Å²) in [5, 5.41) is 3.84. The molecule has 0 aliphatic carbocycles. The Labute approximate surface area is 96.6 Å². The number of likely N-dealkylation sites (N-methyl/N-ethyl adjacent to an activating group) is 1. The van der Waals surface area contributed by atoms with Crippen molar-refractivity contribution in [3.63, 3.8) is 0 Å². The highest BCUT2D eigenvalue weighted by molar-refractivity contribution is 6.32. The van der Waals surface area contributed by atoms with E-state index in [9.17, 15) is 0 Å². The van der Waals surface area contributed by atoms with Crippen molar-refractivity contribution in [2.45, 2.75) is 19.8 Å². The van der Waals surface area contributed by atoms with E-state index >= 15 is 0 Å². The Hall–Kier alpha value is -0.730. The first kappa shape index (κ1) is 12.3. The van der Waals surface area contributed by atoms with Gasteiger partial charge < -0.3 is 10.1 Å². The van der Waals surface area contributed by atoms with Crippen molar-refractivity contribution in [2.24, 2.45) is 0 Å². The summed E-state index contributed by atoms with van der Waals surface area (Å²) in [6, 6.07) is 4.14. The molecule has 0 atom stereocenters. The molecule has 1 aromatic rings. The normalized spacial score (nSPS) is 10.4. The standard InChI is InChI=1S/C12H18ClNO/c1-4-9-7-10(5-6-14-2)12(15-3)11(13)8-9/h7-8,14H,4-6H2,1-3H3. The number of ether oxygens (including phenoxy) is 1. The number of hydrogen-bond acceptors (Lipinski definition) is 2. The summed E-state index contributed by atoms with van der Waals surface area (Å²) >= 11 is 6.15. The SMILES string of the molecule is CCc1cc(Cl)c(OC)c(CCNC)c1. The minimum atomic E-state index is 0.711. The van der Waals surface area contributed by atoms with Gasteiger partial charge in [0.15, 0.2) is 0 Å². The van der Waals surface area contributed by atoms with Crippen LogP contribution in [0.15, 0.2) is 12.1 Å². The van der Waals surface area contributed by atoms with Crippen molar-refractivity contribution in [3.8, 4) is 5.75 Å². The number of hydrogen-bond donors (Lipinski definition) is 1. The van der Waals surface area contributed by atoms with Gasteiger partial charge in [0.2, 0.25) is 0 Å². The molecule has 0 amide bonds. The number of rotatable bonds is 5. The van der Waals surface area contributed by atoms with Crippen LogP contribution >= 0.6 is 11.6 Å². The van der Waals surface area contributed by atoms with Crippen LogP contribution in [0.2, 0.25) is 5.02 Å². The van der Waals surface area contributed by atoms with E-state index in [-0.39, 0.29) is 0 Å². The lowest BCUT2D eigenvalue weighted by Crippen LogP contribution is -2.11. The molecule has 1 aromatic carbocycles. The van der Waals surface area contributed by atoms with Crippen LogP contribution < -0.4 is 10.1 Å². The maximum atomic E-state index is 6.15. The van der Waals surface area contributed by atoms with Gasteiger partial charge in [-0.05, 0) is 43.6 Å². The summed E-state index contributed by atoms with van der Waals surface area (Å²) in [4.78, 5) is 0. The Balaban J connectivity index is 3.02. The Morgan fingerprint density at radius 2 is 2.13 bits per heavy atom. The van der Waals surface area contributed by atoms with Gasteiger partial charge in [0.05, 0.1) is 12.1 Å². The summed E-state index contributed by atoms with van der Waals surface area (Å²) in [6.07, 6.45) is 1.93. The second-order valence-electron chi connectivity index (χ2n) is 3.48. The van der Waals surface area contributed by atoms with Crippen molar-refractivity contribution >= 4 is 11.6 Å². The maximum absolute atomic E-state index is 6.15. The predicted molar refractivity (Wildman–Crippen MR) is 65.0 cm³/mol. The molecule has 0 fully saturated rings. The molecule has 0 bridgehead atoms. The number of nitrogens with one attached hydrogen (secondary N) is 1. The van der Waals surface area contributed by atoms with Gasteiger partial charge in [0.1, 0.15) is 5.75 Å².